The van der Waals surface area contributed by atoms with Crippen LogP contribution >= 0.6 is 0 Å². The number of aliphatic imine (C=N–C) groups is 1. The van der Waals surface area contributed by atoms with Gasteiger partial charge in [-0.3, -0.25) is 4.90 Å². The van der Waals surface area contributed by atoms with Crippen LogP contribution in [0.2, 0.25) is 0 Å². The molecule has 150 valence electrons. The average Bonchev–Trinajstić information content (AvgIpc) is 3.47. The summed E-state index contributed by atoms with van der Waals surface area (Å²) in [5, 5.41) is 0. The van der Waals surface area contributed by atoms with Crippen molar-refractivity contribution in [2.45, 2.75) is 38.1 Å². The van der Waals surface area contributed by atoms with Crippen molar-refractivity contribution < 1.29 is 4.74 Å². The molecule has 0 bridgehead atoms. The third-order valence-electron chi connectivity index (χ3n) is 6.34. The summed E-state index contributed by atoms with van der Waals surface area (Å²) in [5.41, 5.74) is 11.4. The number of fused-ring (bicyclic) bond motifs is 1. The highest BCUT2D eigenvalue weighted by Gasteiger charge is 2.43. The molecular weight excluding hydrogens is 360 g/mol. The minimum atomic E-state index is 0.0451. The van der Waals surface area contributed by atoms with Gasteiger partial charge < -0.3 is 15.4 Å². The highest BCUT2D eigenvalue weighted by Crippen LogP contribution is 2.42. The maximum Gasteiger partial charge on any atom is 0.197 e. The summed E-state index contributed by atoms with van der Waals surface area (Å²) in [4.78, 5) is 9.43. The lowest BCUT2D eigenvalue weighted by molar-refractivity contribution is -0.0179. The fraction of sp³-hybridized carbons (Fsp3) is 0.375. The molecule has 2 aliphatic heterocycles. The lowest BCUT2D eigenvalue weighted by atomic mass is 9.98. The van der Waals surface area contributed by atoms with Crippen LogP contribution in [0.5, 0.6) is 0 Å². The van der Waals surface area contributed by atoms with Gasteiger partial charge in [0.15, 0.2) is 5.96 Å². The standard InChI is InChI=1S/C24H28N4O/c1-17-16-21(20-11-6-5-10-19(17)20)23-27(14-15-29-23)22-12-7-13-28(22)24(25)26-18-8-3-2-4-9-18/h2-6,8-11,16,21-23H,7,12-15H2,1H3,(H2,25,26). The first-order chi connectivity index (χ1) is 14.2. The Morgan fingerprint density at radius 3 is 2.72 bits per heavy atom. The van der Waals surface area contributed by atoms with Gasteiger partial charge in [0, 0.05) is 19.0 Å². The van der Waals surface area contributed by atoms with Gasteiger partial charge in [-0.15, -0.1) is 0 Å². The second kappa shape index (κ2) is 7.65. The summed E-state index contributed by atoms with van der Waals surface area (Å²) in [7, 11) is 0. The minimum Gasteiger partial charge on any atom is -0.369 e. The van der Waals surface area contributed by atoms with Gasteiger partial charge in [-0.1, -0.05) is 48.5 Å². The number of benzene rings is 2. The molecule has 0 amide bonds. The number of hydrogen-bond donors (Lipinski definition) is 1. The Kier molecular flexibility index (Phi) is 4.86. The zero-order valence-corrected chi connectivity index (χ0v) is 16.9. The predicted octanol–water partition coefficient (Wildman–Crippen LogP) is 3.91. The topological polar surface area (TPSA) is 54.1 Å². The molecule has 3 atom stereocenters. The molecule has 29 heavy (non-hydrogen) atoms. The van der Waals surface area contributed by atoms with E-state index in [0.717, 1.165) is 38.2 Å². The van der Waals surface area contributed by atoms with Crippen LogP contribution in [0.3, 0.4) is 0 Å². The molecule has 2 aromatic carbocycles. The number of allylic oxidation sites excluding steroid dienone is 1. The molecule has 5 heteroatoms. The average molecular weight is 389 g/mol. The van der Waals surface area contributed by atoms with Crippen molar-refractivity contribution in [2.24, 2.45) is 10.7 Å². The van der Waals surface area contributed by atoms with Crippen molar-refractivity contribution in [3.05, 3.63) is 71.8 Å². The Hall–Kier alpha value is -2.63. The Morgan fingerprint density at radius 2 is 1.86 bits per heavy atom. The van der Waals surface area contributed by atoms with Gasteiger partial charge >= 0.3 is 0 Å². The zero-order chi connectivity index (χ0) is 19.8. The SMILES string of the molecule is CC1=CC(C2OCCN2C2CCCN2C(N)=Nc2ccccc2)c2ccccc21. The van der Waals surface area contributed by atoms with E-state index in [2.05, 4.69) is 52.1 Å². The maximum atomic E-state index is 6.46. The van der Waals surface area contributed by atoms with E-state index in [1.807, 2.05) is 30.3 Å². The molecule has 2 aromatic rings. The van der Waals surface area contributed by atoms with E-state index < -0.39 is 0 Å². The van der Waals surface area contributed by atoms with E-state index in [4.69, 9.17) is 10.5 Å². The van der Waals surface area contributed by atoms with Crippen LogP contribution < -0.4 is 5.73 Å². The van der Waals surface area contributed by atoms with E-state index in [1.54, 1.807) is 0 Å². The summed E-state index contributed by atoms with van der Waals surface area (Å²) >= 11 is 0. The summed E-state index contributed by atoms with van der Waals surface area (Å²) in [6.07, 6.45) is 4.85. The molecule has 5 rings (SSSR count). The molecule has 3 aliphatic rings. The molecule has 0 aromatic heterocycles. The van der Waals surface area contributed by atoms with Gasteiger partial charge in [0.1, 0.15) is 6.23 Å². The van der Waals surface area contributed by atoms with Crippen LogP contribution in [-0.4, -0.2) is 47.8 Å². The smallest absolute Gasteiger partial charge is 0.197 e. The maximum absolute atomic E-state index is 6.46. The van der Waals surface area contributed by atoms with Crippen molar-refractivity contribution in [1.29, 1.82) is 0 Å². The second-order valence-electron chi connectivity index (χ2n) is 8.08. The first kappa shape index (κ1) is 18.4. The molecule has 1 aliphatic carbocycles. The van der Waals surface area contributed by atoms with Crippen LogP contribution in [0.25, 0.3) is 5.57 Å². The lowest BCUT2D eigenvalue weighted by Gasteiger charge is -2.37. The van der Waals surface area contributed by atoms with E-state index in [9.17, 15) is 0 Å². The highest BCUT2D eigenvalue weighted by atomic mass is 16.5. The monoisotopic (exact) mass is 388 g/mol. The first-order valence-electron chi connectivity index (χ1n) is 10.5. The lowest BCUT2D eigenvalue weighted by Crippen LogP contribution is -2.52. The normalized spacial score (nSPS) is 27.3. The third kappa shape index (κ3) is 3.34. The third-order valence-corrected chi connectivity index (χ3v) is 6.34. The largest absolute Gasteiger partial charge is 0.369 e. The first-order valence-corrected chi connectivity index (χ1v) is 10.5. The number of hydrogen-bond acceptors (Lipinski definition) is 3. The van der Waals surface area contributed by atoms with E-state index in [1.165, 1.54) is 16.7 Å². The molecule has 2 fully saturated rings. The Balaban J connectivity index is 1.40. The summed E-state index contributed by atoms with van der Waals surface area (Å²) in [6.45, 7) is 4.82. The fourth-order valence-electron chi connectivity index (χ4n) is 5.02. The number of para-hydroxylation sites is 1. The van der Waals surface area contributed by atoms with Crippen LogP contribution in [0.15, 0.2) is 65.7 Å². The van der Waals surface area contributed by atoms with Crippen LogP contribution in [0, 0.1) is 0 Å². The molecule has 0 spiro atoms. The Morgan fingerprint density at radius 1 is 1.07 bits per heavy atom. The van der Waals surface area contributed by atoms with E-state index >= 15 is 0 Å². The summed E-state index contributed by atoms with van der Waals surface area (Å²) in [5.74, 6) is 0.867. The van der Waals surface area contributed by atoms with Gasteiger partial charge in [-0.05, 0) is 48.6 Å². The fourth-order valence-corrected chi connectivity index (χ4v) is 5.02. The molecule has 5 nitrogen and oxygen atoms in total. The molecule has 0 radical (unpaired) electrons. The van der Waals surface area contributed by atoms with Gasteiger partial charge in [-0.2, -0.15) is 0 Å². The second-order valence-corrected chi connectivity index (χ2v) is 8.08. The van der Waals surface area contributed by atoms with Gasteiger partial charge in [0.25, 0.3) is 0 Å². The van der Waals surface area contributed by atoms with E-state index in [0.29, 0.717) is 5.96 Å². The molecule has 2 heterocycles. The summed E-state index contributed by atoms with van der Waals surface area (Å²) < 4.78 is 6.29. The Bertz CT molecular complexity index is 939. The summed E-state index contributed by atoms with van der Waals surface area (Å²) in [6, 6.07) is 18.7. The number of likely N-dealkylation sites (tertiary alicyclic amines) is 1. The van der Waals surface area contributed by atoms with Crippen LogP contribution in [-0.2, 0) is 4.74 Å². The van der Waals surface area contributed by atoms with Crippen molar-refractivity contribution >= 4 is 17.2 Å². The van der Waals surface area contributed by atoms with Crippen molar-refractivity contribution in [3.63, 3.8) is 0 Å². The Labute approximate surface area is 172 Å². The van der Waals surface area contributed by atoms with Crippen molar-refractivity contribution in [1.82, 2.24) is 9.80 Å². The van der Waals surface area contributed by atoms with Crippen molar-refractivity contribution in [3.8, 4) is 0 Å². The minimum absolute atomic E-state index is 0.0451. The molecule has 0 saturated carbocycles. The van der Waals surface area contributed by atoms with Gasteiger partial charge in [0.2, 0.25) is 0 Å². The van der Waals surface area contributed by atoms with Crippen molar-refractivity contribution in [2.75, 3.05) is 19.7 Å². The molecule has 2 N–H and O–H groups in total. The van der Waals surface area contributed by atoms with Crippen LogP contribution in [0.1, 0.15) is 36.8 Å². The highest BCUT2D eigenvalue weighted by molar-refractivity contribution is 5.81. The molecular formula is C24H28N4O. The van der Waals surface area contributed by atoms with Gasteiger partial charge in [0.05, 0.1) is 18.5 Å². The number of ether oxygens (including phenoxy) is 1. The van der Waals surface area contributed by atoms with Crippen LogP contribution in [0.4, 0.5) is 5.69 Å². The van der Waals surface area contributed by atoms with Gasteiger partial charge in [-0.25, -0.2) is 4.99 Å². The number of nitrogens with two attached hydrogens (primary N) is 1. The quantitative estimate of drug-likeness (QED) is 0.640. The molecule has 2 saturated heterocycles. The van der Waals surface area contributed by atoms with E-state index in [-0.39, 0.29) is 18.3 Å². The molecule has 3 unspecified atom stereocenters. The number of rotatable bonds is 3. The predicted molar refractivity (Wildman–Crippen MR) is 117 cm³/mol. The number of guanidine groups is 1. The zero-order valence-electron chi connectivity index (χ0n) is 16.9. The number of nitrogens with zero attached hydrogens (tertiary/aromatic N) is 3.